The third-order valence-electron chi connectivity index (χ3n) is 15.0. The number of halogens is 1. The largest absolute Gasteiger partial charge is 0.462 e. The normalized spacial score (nSPS) is 45.2. The van der Waals surface area contributed by atoms with Crippen LogP contribution in [0.5, 0.6) is 0 Å². The standard InChI is InChI=1S/C38H59ClO4/c1-23(2)25-13-18-38(32(39)42)20-19-36(9)26(31(25)38)11-12-28-35(8)16-15-29(34(6,7)27(35)14-17-37(28,36)10)43-30(41)22-33(4,5)21-24(3)40/h25-29,31H,1,11-22H2,2-10H3/t25?,26-,27?,28?,29+,31?,35+,36-,37-,38+/m1/s1. The summed E-state index contributed by atoms with van der Waals surface area (Å²) in [6.45, 7) is 24.6. The highest BCUT2D eigenvalue weighted by atomic mass is 35.5. The van der Waals surface area contributed by atoms with E-state index < -0.39 is 0 Å². The lowest BCUT2D eigenvalue weighted by molar-refractivity contribution is -0.248. The Morgan fingerprint density at radius 3 is 2.09 bits per heavy atom. The van der Waals surface area contributed by atoms with Crippen LogP contribution in [0.15, 0.2) is 12.2 Å². The fraction of sp³-hybridized carbons (Fsp3) is 0.868. The SMILES string of the molecule is C=C(C)C1CC[C@]2(C(=O)Cl)CC[C@]3(C)[C@H](CCC4[C@@]5(C)CC[C@H](OC(=O)CC(C)(C)CC(C)=O)C(C)(C)C5CC[C@]43C)C12. The molecule has 242 valence electrons. The average Bonchev–Trinajstić information content (AvgIpc) is 3.26. The third-order valence-corrected chi connectivity index (χ3v) is 15.4. The highest BCUT2D eigenvalue weighted by Crippen LogP contribution is 2.77. The average molecular weight is 615 g/mol. The van der Waals surface area contributed by atoms with Gasteiger partial charge in [-0.05, 0) is 141 Å². The van der Waals surface area contributed by atoms with Crippen LogP contribution in [0.2, 0.25) is 0 Å². The van der Waals surface area contributed by atoms with E-state index in [1.54, 1.807) is 6.92 Å². The molecule has 5 rings (SSSR count). The molecule has 0 spiro atoms. The van der Waals surface area contributed by atoms with Gasteiger partial charge < -0.3 is 9.53 Å². The Morgan fingerprint density at radius 2 is 1.49 bits per heavy atom. The van der Waals surface area contributed by atoms with Gasteiger partial charge in [0.05, 0.1) is 6.42 Å². The molecule has 0 aliphatic heterocycles. The molecular formula is C38H59ClO4. The van der Waals surface area contributed by atoms with Crippen molar-refractivity contribution in [1.82, 2.24) is 0 Å². The van der Waals surface area contributed by atoms with Gasteiger partial charge in [-0.15, -0.1) is 0 Å². The predicted octanol–water partition coefficient (Wildman–Crippen LogP) is 9.72. The van der Waals surface area contributed by atoms with Crippen molar-refractivity contribution in [1.29, 1.82) is 0 Å². The predicted molar refractivity (Wildman–Crippen MR) is 173 cm³/mol. The molecule has 43 heavy (non-hydrogen) atoms. The van der Waals surface area contributed by atoms with E-state index in [9.17, 15) is 14.4 Å². The minimum atomic E-state index is -0.384. The molecule has 5 fully saturated rings. The molecule has 5 aliphatic carbocycles. The number of hydrogen-bond donors (Lipinski definition) is 0. The number of allylic oxidation sites excluding steroid dienone is 1. The van der Waals surface area contributed by atoms with Crippen LogP contribution in [0.3, 0.4) is 0 Å². The lowest BCUT2D eigenvalue weighted by atomic mass is 9.32. The molecular weight excluding hydrogens is 556 g/mol. The number of Topliss-reactive ketones (excluding diaryl/α,β-unsaturated/α-hetero) is 1. The van der Waals surface area contributed by atoms with Crippen LogP contribution in [-0.2, 0) is 19.1 Å². The summed E-state index contributed by atoms with van der Waals surface area (Å²) in [6, 6.07) is 0. The topological polar surface area (TPSA) is 60.4 Å². The number of esters is 1. The Morgan fingerprint density at radius 1 is 0.814 bits per heavy atom. The number of hydrogen-bond acceptors (Lipinski definition) is 4. The maximum absolute atomic E-state index is 13.2. The van der Waals surface area contributed by atoms with Crippen LogP contribution in [-0.4, -0.2) is 23.1 Å². The second-order valence-corrected chi connectivity index (χ2v) is 18.5. The van der Waals surface area contributed by atoms with Crippen LogP contribution in [0, 0.1) is 62.1 Å². The van der Waals surface area contributed by atoms with Gasteiger partial charge in [0.25, 0.3) is 0 Å². The first-order chi connectivity index (χ1) is 19.7. The number of carbonyl (C=O) groups excluding carboxylic acids is 3. The lowest BCUT2D eigenvalue weighted by Crippen LogP contribution is -2.67. The van der Waals surface area contributed by atoms with Crippen LogP contribution < -0.4 is 0 Å². The Hall–Kier alpha value is -1.16. The van der Waals surface area contributed by atoms with E-state index in [0.29, 0.717) is 36.0 Å². The lowest BCUT2D eigenvalue weighted by Gasteiger charge is -2.72. The van der Waals surface area contributed by atoms with E-state index >= 15 is 0 Å². The van der Waals surface area contributed by atoms with E-state index in [1.165, 1.54) is 24.8 Å². The summed E-state index contributed by atoms with van der Waals surface area (Å²) in [6.07, 6.45) is 11.2. The summed E-state index contributed by atoms with van der Waals surface area (Å²) in [5, 5.41) is -0.0921. The van der Waals surface area contributed by atoms with Gasteiger partial charge in [0, 0.05) is 17.3 Å². The quantitative estimate of drug-likeness (QED) is 0.163. The summed E-state index contributed by atoms with van der Waals surface area (Å²) in [5.41, 5.74) is 0.904. The molecule has 0 saturated heterocycles. The zero-order valence-electron chi connectivity index (χ0n) is 28.7. The van der Waals surface area contributed by atoms with Gasteiger partial charge >= 0.3 is 5.97 Å². The molecule has 0 heterocycles. The fourth-order valence-corrected chi connectivity index (χ4v) is 13.3. The maximum atomic E-state index is 13.2. The minimum Gasteiger partial charge on any atom is -0.462 e. The van der Waals surface area contributed by atoms with Crippen molar-refractivity contribution in [3.63, 3.8) is 0 Å². The maximum Gasteiger partial charge on any atom is 0.306 e. The van der Waals surface area contributed by atoms with Gasteiger partial charge in [-0.25, -0.2) is 0 Å². The van der Waals surface area contributed by atoms with Crippen LogP contribution in [0.1, 0.15) is 139 Å². The molecule has 0 aromatic rings. The van der Waals surface area contributed by atoms with E-state index in [-0.39, 0.29) is 62.0 Å². The van der Waals surface area contributed by atoms with Crippen molar-refractivity contribution in [3.8, 4) is 0 Å². The monoisotopic (exact) mass is 614 g/mol. The second-order valence-electron chi connectivity index (χ2n) is 18.2. The van der Waals surface area contributed by atoms with E-state index in [2.05, 4.69) is 48.1 Å². The van der Waals surface area contributed by atoms with E-state index in [4.69, 9.17) is 16.3 Å². The number of carbonyl (C=O) groups is 3. The molecule has 5 heteroatoms. The highest BCUT2D eigenvalue weighted by Gasteiger charge is 2.72. The molecule has 0 N–H and O–H groups in total. The number of rotatable bonds is 7. The van der Waals surface area contributed by atoms with Gasteiger partial charge in [-0.3, -0.25) is 9.59 Å². The van der Waals surface area contributed by atoms with Crippen LogP contribution >= 0.6 is 11.6 Å². The molecule has 0 aromatic carbocycles. The number of fused-ring (bicyclic) bond motifs is 7. The Bertz CT molecular complexity index is 1190. The Labute approximate surface area is 266 Å². The van der Waals surface area contributed by atoms with Gasteiger partial charge in [0.1, 0.15) is 11.9 Å². The zero-order valence-corrected chi connectivity index (χ0v) is 29.4. The van der Waals surface area contributed by atoms with Crippen molar-refractivity contribution in [2.45, 2.75) is 145 Å². The summed E-state index contributed by atoms with van der Waals surface area (Å²) in [5.74, 6) is 2.25. The van der Waals surface area contributed by atoms with E-state index in [1.807, 2.05) is 13.8 Å². The van der Waals surface area contributed by atoms with E-state index in [0.717, 1.165) is 44.9 Å². The van der Waals surface area contributed by atoms with Gasteiger partial charge in [-0.2, -0.15) is 0 Å². The summed E-state index contributed by atoms with van der Waals surface area (Å²) in [4.78, 5) is 38.1. The zero-order chi connectivity index (χ0) is 32.0. The number of ketones is 1. The molecule has 0 radical (unpaired) electrons. The smallest absolute Gasteiger partial charge is 0.306 e. The van der Waals surface area contributed by atoms with Crippen molar-refractivity contribution in [2.75, 3.05) is 0 Å². The van der Waals surface area contributed by atoms with Crippen molar-refractivity contribution in [3.05, 3.63) is 12.2 Å². The molecule has 5 aliphatic rings. The summed E-state index contributed by atoms with van der Waals surface area (Å²) >= 11 is 6.50. The molecule has 0 aromatic heterocycles. The molecule has 0 amide bonds. The molecule has 0 bridgehead atoms. The van der Waals surface area contributed by atoms with Gasteiger partial charge in [-0.1, -0.05) is 60.6 Å². The Balaban J connectivity index is 1.40. The first-order valence-corrected chi connectivity index (χ1v) is 17.7. The fourth-order valence-electron chi connectivity index (χ4n) is 13.0. The van der Waals surface area contributed by atoms with Crippen molar-refractivity contribution in [2.24, 2.45) is 62.1 Å². The summed E-state index contributed by atoms with van der Waals surface area (Å²) in [7, 11) is 0. The molecule has 4 nitrogen and oxygen atoms in total. The molecule has 5 saturated carbocycles. The van der Waals surface area contributed by atoms with Gasteiger partial charge in [0.2, 0.25) is 5.24 Å². The second kappa shape index (κ2) is 10.7. The first kappa shape index (κ1) is 33.2. The van der Waals surface area contributed by atoms with Crippen LogP contribution in [0.25, 0.3) is 0 Å². The first-order valence-electron chi connectivity index (χ1n) is 17.3. The molecule has 10 atom stereocenters. The van der Waals surface area contributed by atoms with Gasteiger partial charge in [0.15, 0.2) is 0 Å². The summed E-state index contributed by atoms with van der Waals surface area (Å²) < 4.78 is 6.30. The van der Waals surface area contributed by atoms with Crippen LogP contribution in [0.4, 0.5) is 0 Å². The Kier molecular flexibility index (Phi) is 8.26. The number of ether oxygens (including phenoxy) is 1. The minimum absolute atomic E-state index is 0.0921. The molecule has 4 unspecified atom stereocenters. The van der Waals surface area contributed by atoms with Crippen molar-refractivity contribution >= 4 is 28.6 Å². The highest BCUT2D eigenvalue weighted by molar-refractivity contribution is 6.64. The third kappa shape index (κ3) is 4.93. The van der Waals surface area contributed by atoms with Crippen molar-refractivity contribution < 1.29 is 19.1 Å².